The number of nitro groups is 1. The van der Waals surface area contributed by atoms with E-state index >= 15 is 0 Å². The van der Waals surface area contributed by atoms with Gasteiger partial charge in [-0.3, -0.25) is 19.7 Å². The smallest absolute Gasteiger partial charge is 0.308 e. The van der Waals surface area contributed by atoms with Crippen LogP contribution in [0.2, 0.25) is 0 Å². The number of nitro benzene ring substituents is 1. The maximum Gasteiger partial charge on any atom is 0.308 e. The van der Waals surface area contributed by atoms with Gasteiger partial charge >= 0.3 is 5.97 Å². The van der Waals surface area contributed by atoms with Gasteiger partial charge in [-0.2, -0.15) is 8.75 Å². The van der Waals surface area contributed by atoms with Crippen molar-refractivity contribution in [3.05, 3.63) is 27.8 Å². The molecule has 1 unspecified atom stereocenters. The number of carboxylic acids is 1. The van der Waals surface area contributed by atoms with Gasteiger partial charge in [0.1, 0.15) is 5.52 Å². The van der Waals surface area contributed by atoms with E-state index in [0.717, 1.165) is 17.8 Å². The van der Waals surface area contributed by atoms with Crippen LogP contribution in [0.1, 0.15) is 17.3 Å². The monoisotopic (exact) mass is 310 g/mol. The molecule has 0 bridgehead atoms. The zero-order chi connectivity index (χ0) is 15.6. The Kier molecular flexibility index (Phi) is 4.08. The summed E-state index contributed by atoms with van der Waals surface area (Å²) < 4.78 is 7.70. The van der Waals surface area contributed by atoms with Gasteiger partial charge in [-0.1, -0.05) is 6.92 Å². The Morgan fingerprint density at radius 3 is 2.81 bits per heavy atom. The summed E-state index contributed by atoms with van der Waals surface area (Å²) in [4.78, 5) is 33.0. The van der Waals surface area contributed by atoms with Crippen molar-refractivity contribution in [2.75, 3.05) is 6.54 Å². The van der Waals surface area contributed by atoms with E-state index < -0.39 is 22.7 Å². The van der Waals surface area contributed by atoms with Crippen molar-refractivity contribution in [3.63, 3.8) is 0 Å². The van der Waals surface area contributed by atoms with Crippen molar-refractivity contribution in [1.29, 1.82) is 0 Å². The van der Waals surface area contributed by atoms with Crippen LogP contribution in [0.4, 0.5) is 5.69 Å². The lowest BCUT2D eigenvalue weighted by molar-refractivity contribution is -0.383. The van der Waals surface area contributed by atoms with E-state index in [-0.39, 0.29) is 28.8 Å². The highest BCUT2D eigenvalue weighted by Gasteiger charge is 2.21. The van der Waals surface area contributed by atoms with Gasteiger partial charge in [0.05, 0.1) is 22.6 Å². The van der Waals surface area contributed by atoms with Crippen LogP contribution >= 0.6 is 11.7 Å². The number of carboxylic acid groups (broad SMARTS) is 1. The summed E-state index contributed by atoms with van der Waals surface area (Å²) >= 11 is 0.813. The van der Waals surface area contributed by atoms with Crippen molar-refractivity contribution in [2.45, 2.75) is 6.92 Å². The average Bonchev–Trinajstić information content (AvgIpc) is 2.90. The molecular weight excluding hydrogens is 300 g/mol. The second-order valence-corrected chi connectivity index (χ2v) is 4.86. The highest BCUT2D eigenvalue weighted by molar-refractivity contribution is 7.00. The van der Waals surface area contributed by atoms with Crippen LogP contribution in [0.3, 0.4) is 0 Å². The second-order valence-electron chi connectivity index (χ2n) is 4.33. The Morgan fingerprint density at radius 2 is 2.19 bits per heavy atom. The number of carbonyl (C=O) groups excluding carboxylic acids is 1. The number of aliphatic carboxylic acids is 1. The Labute approximate surface area is 122 Å². The molecule has 0 aliphatic rings. The molecule has 2 aromatic rings. The predicted octanol–water partition coefficient (Wildman–Crippen LogP) is 1.05. The molecule has 10 heteroatoms. The lowest BCUT2D eigenvalue weighted by atomic mass is 10.1. The third kappa shape index (κ3) is 3.11. The molecule has 2 rings (SSSR count). The molecule has 9 nitrogen and oxygen atoms in total. The van der Waals surface area contributed by atoms with Gasteiger partial charge in [0.15, 0.2) is 5.52 Å². The molecule has 0 fully saturated rings. The van der Waals surface area contributed by atoms with Gasteiger partial charge in [-0.05, 0) is 6.07 Å². The van der Waals surface area contributed by atoms with E-state index in [1.807, 2.05) is 0 Å². The maximum absolute atomic E-state index is 11.9. The number of aromatic nitrogens is 2. The fraction of sp³-hybridized carbons (Fsp3) is 0.273. The van der Waals surface area contributed by atoms with Gasteiger partial charge in [0.25, 0.3) is 11.6 Å². The Balaban J connectivity index is 2.27. The first kappa shape index (κ1) is 14.8. The molecule has 0 saturated carbocycles. The zero-order valence-corrected chi connectivity index (χ0v) is 11.6. The van der Waals surface area contributed by atoms with E-state index in [4.69, 9.17) is 5.11 Å². The lowest BCUT2D eigenvalue weighted by Gasteiger charge is -2.08. The van der Waals surface area contributed by atoms with Crippen LogP contribution in [0.15, 0.2) is 12.1 Å². The molecule has 1 aromatic carbocycles. The fourth-order valence-corrected chi connectivity index (χ4v) is 2.11. The normalized spacial score (nSPS) is 12.0. The molecule has 0 aliphatic carbocycles. The van der Waals surface area contributed by atoms with Gasteiger partial charge < -0.3 is 10.4 Å². The standard InChI is InChI=1S/C11H10N4O5S/c1-5(11(17)18)4-12-10(16)6-2-7-9(14-21-13-7)8(3-6)15(19)20/h2-3,5H,4H2,1H3,(H,12,16)(H,17,18). The second kappa shape index (κ2) is 5.79. The Bertz CT molecular complexity index is 728. The van der Waals surface area contributed by atoms with Gasteiger partial charge in [-0.15, -0.1) is 0 Å². The molecule has 0 aliphatic heterocycles. The van der Waals surface area contributed by atoms with Crippen molar-refractivity contribution >= 4 is 40.3 Å². The van der Waals surface area contributed by atoms with Crippen molar-refractivity contribution in [1.82, 2.24) is 14.1 Å². The summed E-state index contributed by atoms with van der Waals surface area (Å²) in [5.74, 6) is -2.39. The van der Waals surface area contributed by atoms with Crippen LogP contribution in [-0.4, -0.2) is 37.2 Å². The minimum atomic E-state index is -1.04. The SMILES string of the molecule is CC(CNC(=O)c1cc([N+](=O)[O-])c2nsnc2c1)C(=O)O. The molecule has 1 amide bonds. The average molecular weight is 310 g/mol. The molecular formula is C11H10N4O5S. The highest BCUT2D eigenvalue weighted by Crippen LogP contribution is 2.25. The topological polar surface area (TPSA) is 135 Å². The van der Waals surface area contributed by atoms with E-state index in [9.17, 15) is 19.7 Å². The molecule has 0 spiro atoms. The summed E-state index contributed by atoms with van der Waals surface area (Å²) in [6.07, 6.45) is 0. The summed E-state index contributed by atoms with van der Waals surface area (Å²) in [5, 5.41) is 22.1. The highest BCUT2D eigenvalue weighted by atomic mass is 32.1. The minimum absolute atomic E-state index is 0.0412. The van der Waals surface area contributed by atoms with E-state index in [2.05, 4.69) is 14.1 Å². The number of nitrogens with zero attached hydrogens (tertiary/aromatic N) is 3. The van der Waals surface area contributed by atoms with E-state index in [0.29, 0.717) is 0 Å². The van der Waals surface area contributed by atoms with Crippen LogP contribution in [0, 0.1) is 16.0 Å². The van der Waals surface area contributed by atoms with Crippen molar-refractivity contribution in [3.8, 4) is 0 Å². The number of non-ortho nitro benzene ring substituents is 1. The number of carbonyl (C=O) groups is 2. The molecule has 0 saturated heterocycles. The largest absolute Gasteiger partial charge is 0.481 e. The van der Waals surface area contributed by atoms with E-state index in [1.54, 1.807) is 0 Å². The lowest BCUT2D eigenvalue weighted by Crippen LogP contribution is -2.31. The predicted molar refractivity (Wildman–Crippen MR) is 73.2 cm³/mol. The van der Waals surface area contributed by atoms with Crippen LogP contribution in [0.25, 0.3) is 11.0 Å². The Morgan fingerprint density at radius 1 is 1.48 bits per heavy atom. The van der Waals surface area contributed by atoms with Gasteiger partial charge in [-0.25, -0.2) is 0 Å². The number of fused-ring (bicyclic) bond motifs is 1. The summed E-state index contributed by atoms with van der Waals surface area (Å²) in [6.45, 7) is 1.37. The summed E-state index contributed by atoms with van der Waals surface area (Å²) in [5.41, 5.74) is 0.114. The fourth-order valence-electron chi connectivity index (χ4n) is 1.58. The number of benzene rings is 1. The molecule has 110 valence electrons. The first-order chi connectivity index (χ1) is 9.90. The van der Waals surface area contributed by atoms with Crippen molar-refractivity contribution < 1.29 is 19.6 Å². The zero-order valence-electron chi connectivity index (χ0n) is 10.8. The molecule has 0 radical (unpaired) electrons. The first-order valence-electron chi connectivity index (χ1n) is 5.82. The van der Waals surface area contributed by atoms with E-state index in [1.165, 1.54) is 13.0 Å². The van der Waals surface area contributed by atoms with Crippen LogP contribution < -0.4 is 5.32 Å². The first-order valence-corrected chi connectivity index (χ1v) is 6.55. The maximum atomic E-state index is 11.9. The summed E-state index contributed by atoms with van der Waals surface area (Å²) in [7, 11) is 0. The third-order valence-corrected chi connectivity index (χ3v) is 3.33. The third-order valence-electron chi connectivity index (χ3n) is 2.79. The van der Waals surface area contributed by atoms with Crippen LogP contribution in [-0.2, 0) is 4.79 Å². The van der Waals surface area contributed by atoms with Crippen molar-refractivity contribution in [2.24, 2.45) is 5.92 Å². The molecule has 1 atom stereocenters. The summed E-state index contributed by atoms with van der Waals surface area (Å²) in [6, 6.07) is 2.48. The van der Waals surface area contributed by atoms with Gasteiger partial charge in [0.2, 0.25) is 0 Å². The molecule has 2 N–H and O–H groups in total. The molecule has 1 heterocycles. The van der Waals surface area contributed by atoms with Gasteiger partial charge in [0, 0.05) is 18.2 Å². The van der Waals surface area contributed by atoms with Crippen LogP contribution in [0.5, 0.6) is 0 Å². The minimum Gasteiger partial charge on any atom is -0.481 e. The number of hydrogen-bond donors (Lipinski definition) is 2. The number of nitrogens with one attached hydrogen (secondary N) is 1. The number of amides is 1. The number of rotatable bonds is 5. The number of hydrogen-bond acceptors (Lipinski definition) is 7. The molecule has 21 heavy (non-hydrogen) atoms. The molecule has 1 aromatic heterocycles. The quantitative estimate of drug-likeness (QED) is 0.622. The Hall–Kier alpha value is -2.62.